The number of ether oxygens (including phenoxy) is 4. The van der Waals surface area contributed by atoms with Crippen LogP contribution in [0.3, 0.4) is 0 Å². The van der Waals surface area contributed by atoms with Crippen LogP contribution >= 0.6 is 15.8 Å². The van der Waals surface area contributed by atoms with Crippen molar-refractivity contribution in [2.45, 2.75) is 75.9 Å². The van der Waals surface area contributed by atoms with Gasteiger partial charge in [-0.05, 0) is 6.92 Å². The minimum absolute atomic E-state index is 0.100. The van der Waals surface area contributed by atoms with Crippen molar-refractivity contribution in [1.82, 2.24) is 49.2 Å². The Morgan fingerprint density at radius 3 is 2.00 bits per heavy atom. The van der Waals surface area contributed by atoms with Crippen molar-refractivity contribution in [1.29, 1.82) is 0 Å². The summed E-state index contributed by atoms with van der Waals surface area (Å²) in [5, 5.41) is 5.40. The number of alkyl halides is 2. The number of nitrogens with zero attached hydrogens (tertiary/aromatic N) is 8. The van der Waals surface area contributed by atoms with E-state index in [-0.39, 0.29) is 78.9 Å². The van der Waals surface area contributed by atoms with E-state index in [0.717, 1.165) is 0 Å². The summed E-state index contributed by atoms with van der Waals surface area (Å²) >= 11 is 0. The molecule has 4 aromatic heterocycles. The fourth-order valence-corrected chi connectivity index (χ4v) is 10.4. The van der Waals surface area contributed by atoms with Crippen LogP contribution in [0, 0.1) is 0 Å². The van der Waals surface area contributed by atoms with Gasteiger partial charge in [-0.25, -0.2) is 0 Å². The summed E-state index contributed by atoms with van der Waals surface area (Å²) in [6, 6.07) is 0. The van der Waals surface area contributed by atoms with Crippen molar-refractivity contribution in [3.63, 3.8) is 0 Å². The van der Waals surface area contributed by atoms with E-state index < -0.39 is 64.0 Å². The molecule has 8 rings (SSSR count). The molecular formula is C28H40F2N12O10P2. The predicted octanol–water partition coefficient (Wildman–Crippen LogP) is 1.40. The number of rotatable bonds is 11. The topological polar surface area (TPSA) is 274 Å². The van der Waals surface area contributed by atoms with Crippen LogP contribution in [-0.2, 0) is 32.1 Å². The second kappa shape index (κ2) is 13.6. The molecule has 0 radical (unpaired) electrons. The molecule has 0 aromatic carbocycles. The first-order valence-corrected chi connectivity index (χ1v) is 20.4. The summed E-state index contributed by atoms with van der Waals surface area (Å²) in [6.07, 6.45) is -4.38. The third-order valence-electron chi connectivity index (χ3n) is 9.41. The molecule has 4 aliphatic heterocycles. The quantitative estimate of drug-likeness (QED) is 0.106. The minimum atomic E-state index is -4.23. The number of anilines is 2. The number of halogens is 2. The molecule has 0 amide bonds. The Hall–Kier alpha value is -3.54. The van der Waals surface area contributed by atoms with Crippen molar-refractivity contribution >= 4 is 50.1 Å². The standard InChI is InChI=1S/C28H40F2N12O10P2/c1-5-45-21-15-19(37-25(31)39-21)41(11-33-15)23-27(3,29)17-13(49-23)9-47-53(43,51-17)35-7-8-36-54(44)48-10-14-18(52-54)28(4,30)24(50-14)42-12-34-16-20(42)38-26(32)40-22(16)46-6-2/h11-14,17-18,23-24,35,43,53H,5-10H2,1-4H3,(H,36,44)(H2,31,37,39)(H2,32,38,40)/t13-,14-,17-,18-,23-,24-,27-,28-,54?/m1/s1. The number of hydrogen-bond acceptors (Lipinski definition) is 19. The van der Waals surface area contributed by atoms with E-state index >= 15 is 8.78 Å². The van der Waals surface area contributed by atoms with Gasteiger partial charge in [-0.15, -0.1) is 0 Å². The van der Waals surface area contributed by atoms with Crippen LogP contribution in [0.15, 0.2) is 12.7 Å². The van der Waals surface area contributed by atoms with E-state index in [0.29, 0.717) is 6.61 Å². The summed E-state index contributed by atoms with van der Waals surface area (Å²) in [7, 11) is -8.33. The van der Waals surface area contributed by atoms with Gasteiger partial charge >= 0.3 is 265 Å². The predicted molar refractivity (Wildman–Crippen MR) is 184 cm³/mol. The molecule has 8 heterocycles. The van der Waals surface area contributed by atoms with E-state index in [9.17, 15) is 9.46 Å². The maximum atomic E-state index is 16.6. The monoisotopic (exact) mass is 804 g/mol. The van der Waals surface area contributed by atoms with E-state index in [1.54, 1.807) is 13.8 Å². The number of fused-ring (bicyclic) bond motifs is 4. The van der Waals surface area contributed by atoms with Crippen LogP contribution in [-0.4, -0.2) is 119 Å². The molecule has 22 nitrogen and oxygen atoms in total. The van der Waals surface area contributed by atoms with E-state index in [4.69, 9.17) is 48.5 Å². The summed E-state index contributed by atoms with van der Waals surface area (Å²) < 4.78 is 95.2. The zero-order valence-corrected chi connectivity index (χ0v) is 31.3. The fourth-order valence-electron chi connectivity index (χ4n) is 7.01. The molecule has 0 aliphatic carbocycles. The number of nitrogens with two attached hydrogens (primary N) is 2. The first-order chi connectivity index (χ1) is 25.7. The molecule has 1 unspecified atom stereocenters. The molecule has 7 N–H and O–H groups in total. The number of aromatic nitrogens is 8. The average Bonchev–Trinajstić information content (AvgIpc) is 3.85. The van der Waals surface area contributed by atoms with Crippen LogP contribution in [0.5, 0.6) is 11.8 Å². The summed E-state index contributed by atoms with van der Waals surface area (Å²) in [4.78, 5) is 36.3. The number of imidazole rings is 2. The van der Waals surface area contributed by atoms with Gasteiger partial charge in [0.1, 0.15) is 0 Å². The first kappa shape index (κ1) is 37.4. The molecule has 0 spiro atoms. The molecule has 4 saturated heterocycles. The third-order valence-corrected chi connectivity index (χ3v) is 12.8. The Balaban J connectivity index is 0.895. The van der Waals surface area contributed by atoms with E-state index in [2.05, 4.69) is 40.1 Å². The molecule has 4 fully saturated rings. The van der Waals surface area contributed by atoms with Crippen molar-refractivity contribution in [2.75, 3.05) is 51.0 Å². The first-order valence-electron chi connectivity index (χ1n) is 17.1. The number of nitrogen functional groups attached to an aromatic ring is 2. The molecule has 0 bridgehead atoms. The molecule has 4 aliphatic rings. The molecule has 54 heavy (non-hydrogen) atoms. The van der Waals surface area contributed by atoms with Gasteiger partial charge in [0.2, 0.25) is 11.8 Å². The number of hydrogen-bond donors (Lipinski definition) is 5. The van der Waals surface area contributed by atoms with Gasteiger partial charge in [0, 0.05) is 0 Å². The maximum absolute atomic E-state index is 16.6. The third kappa shape index (κ3) is 6.32. The van der Waals surface area contributed by atoms with Gasteiger partial charge in [0.15, 0.2) is 0 Å². The Morgan fingerprint density at radius 1 is 0.907 bits per heavy atom. The van der Waals surface area contributed by atoms with Crippen LogP contribution in [0.25, 0.3) is 22.3 Å². The summed E-state index contributed by atoms with van der Waals surface area (Å²) in [5.41, 5.74) is 8.15. The van der Waals surface area contributed by atoms with Crippen molar-refractivity contribution < 1.29 is 55.3 Å². The molecule has 26 heteroatoms. The normalized spacial score (nSPS) is 35.2. The van der Waals surface area contributed by atoms with Crippen molar-refractivity contribution in [3.8, 4) is 11.8 Å². The van der Waals surface area contributed by atoms with Crippen molar-refractivity contribution in [2.24, 2.45) is 0 Å². The second-order valence-corrected chi connectivity index (χ2v) is 17.1. The Bertz CT molecular complexity index is 2110. The van der Waals surface area contributed by atoms with E-state index in [1.165, 1.54) is 35.6 Å². The van der Waals surface area contributed by atoms with Crippen LogP contribution < -0.4 is 31.1 Å². The Morgan fingerprint density at radius 2 is 1.44 bits per heavy atom. The van der Waals surface area contributed by atoms with Crippen molar-refractivity contribution in [3.05, 3.63) is 12.7 Å². The molecule has 4 aromatic rings. The van der Waals surface area contributed by atoms with Gasteiger partial charge in [-0.2, -0.15) is 4.98 Å². The second-order valence-electron chi connectivity index (χ2n) is 13.2. The summed E-state index contributed by atoms with van der Waals surface area (Å²) in [6.45, 7) is 5.92. The van der Waals surface area contributed by atoms with Gasteiger partial charge in [0.05, 0.1) is 6.61 Å². The summed E-state index contributed by atoms with van der Waals surface area (Å²) in [5.74, 6) is 0.0630. The van der Waals surface area contributed by atoms with Crippen LogP contribution in [0.1, 0.15) is 40.2 Å². The van der Waals surface area contributed by atoms with Gasteiger partial charge in [-0.1, -0.05) is 0 Å². The Kier molecular flexibility index (Phi) is 9.41. The molecule has 9 atom stereocenters. The Labute approximate surface area is 305 Å². The van der Waals surface area contributed by atoms with Gasteiger partial charge < -0.3 is 10.5 Å². The molecular weight excluding hydrogens is 764 g/mol. The number of nitrogens with one attached hydrogen (secondary N) is 2. The van der Waals surface area contributed by atoms with Gasteiger partial charge in [0.25, 0.3) is 0 Å². The average molecular weight is 805 g/mol. The fraction of sp³-hybridized carbons (Fsp3) is 0.643. The van der Waals surface area contributed by atoms with E-state index in [1.807, 2.05) is 0 Å². The van der Waals surface area contributed by atoms with Crippen LogP contribution in [0.2, 0.25) is 0 Å². The molecule has 296 valence electrons. The zero-order chi connectivity index (χ0) is 38.2. The van der Waals surface area contributed by atoms with Crippen LogP contribution in [0.4, 0.5) is 20.7 Å². The zero-order valence-electron chi connectivity index (χ0n) is 29.4. The molecule has 0 saturated carbocycles. The SMILES string of the molecule is CCOc1nc(N)nc2c1ncn2[C@@H]1O[C@@H]2COP(=O)(NCCN[PH]3(O)OC[C@H]4O[C@@H](n5cnc6c(OCC)nc(N)nc65)[C@](C)(F)[C@@H]4O3)O[C@H]2[C@@]1(C)F. The van der Waals surface area contributed by atoms with Gasteiger partial charge in [-0.3, -0.25) is 0 Å².